The normalized spacial score (nSPS) is 13.4. The molecule has 0 spiro atoms. The molecule has 1 nitrogen and oxygen atoms in total. The van der Waals surface area contributed by atoms with Gasteiger partial charge in [0.05, 0.1) is 5.56 Å². The van der Waals surface area contributed by atoms with Gasteiger partial charge in [0.25, 0.3) is 0 Å². The third kappa shape index (κ3) is 3.61. The molecule has 0 radical (unpaired) electrons. The second kappa shape index (κ2) is 6.41. The maximum Gasteiger partial charge on any atom is 0.416 e. The fraction of sp³-hybridized carbons (Fsp3) is 0.333. The first kappa shape index (κ1) is 15.1. The fourth-order valence-electron chi connectivity index (χ4n) is 2.26. The van der Waals surface area contributed by atoms with Crippen LogP contribution in [0.5, 0.6) is 0 Å². The highest BCUT2D eigenvalue weighted by molar-refractivity contribution is 7.07. The van der Waals surface area contributed by atoms with E-state index in [0.29, 0.717) is 12.0 Å². The van der Waals surface area contributed by atoms with Crippen LogP contribution in [0.4, 0.5) is 13.2 Å². The second-order valence-corrected chi connectivity index (χ2v) is 5.38. The van der Waals surface area contributed by atoms with Crippen molar-refractivity contribution >= 4 is 11.3 Å². The molecule has 0 aliphatic heterocycles. The van der Waals surface area contributed by atoms with E-state index in [1.54, 1.807) is 30.5 Å². The van der Waals surface area contributed by atoms with Crippen molar-refractivity contribution < 1.29 is 13.2 Å². The van der Waals surface area contributed by atoms with Gasteiger partial charge in [-0.1, -0.05) is 18.2 Å². The Bertz CT molecular complexity index is 534. The third-order valence-corrected chi connectivity index (χ3v) is 4.02. The molecule has 0 saturated heterocycles. The molecule has 1 atom stereocenters. The minimum atomic E-state index is -4.31. The Morgan fingerprint density at radius 3 is 2.55 bits per heavy atom. The summed E-state index contributed by atoms with van der Waals surface area (Å²) in [7, 11) is 1.70. The van der Waals surface area contributed by atoms with Gasteiger partial charge in [0, 0.05) is 6.04 Å². The standard InChI is InChI=1S/C15H16F3NS/c1-19-14(7-6-11-8-9-20-10-11)12-4-2-3-5-13(12)15(16,17)18/h2-5,8-10,14,19H,6-7H2,1H3. The molecule has 1 unspecified atom stereocenters. The number of hydrogen-bond acceptors (Lipinski definition) is 2. The molecule has 1 N–H and O–H groups in total. The molecule has 0 bridgehead atoms. The highest BCUT2D eigenvalue weighted by atomic mass is 32.1. The Morgan fingerprint density at radius 1 is 1.20 bits per heavy atom. The first-order chi connectivity index (χ1) is 9.52. The minimum absolute atomic E-state index is 0.298. The van der Waals surface area contributed by atoms with Crippen LogP contribution in [0.15, 0.2) is 41.1 Å². The zero-order chi connectivity index (χ0) is 14.6. The number of aryl methyl sites for hydroxylation is 1. The van der Waals surface area contributed by atoms with Crippen LogP contribution in [-0.2, 0) is 12.6 Å². The minimum Gasteiger partial charge on any atom is -0.313 e. The van der Waals surface area contributed by atoms with Crippen LogP contribution in [-0.4, -0.2) is 7.05 Å². The number of hydrogen-bond donors (Lipinski definition) is 1. The number of benzene rings is 1. The summed E-state index contributed by atoms with van der Waals surface area (Å²) in [5.74, 6) is 0. The third-order valence-electron chi connectivity index (χ3n) is 3.29. The molecule has 5 heteroatoms. The molecule has 0 aliphatic carbocycles. The number of alkyl halides is 3. The van der Waals surface area contributed by atoms with Gasteiger partial charge in [-0.25, -0.2) is 0 Å². The Kier molecular flexibility index (Phi) is 4.83. The van der Waals surface area contributed by atoms with Gasteiger partial charge < -0.3 is 5.32 Å². The molecular formula is C15H16F3NS. The predicted octanol–water partition coefficient (Wildman–Crippen LogP) is 4.66. The van der Waals surface area contributed by atoms with Crippen LogP contribution >= 0.6 is 11.3 Å². The Labute approximate surface area is 120 Å². The zero-order valence-corrected chi connectivity index (χ0v) is 11.9. The van der Waals surface area contributed by atoms with Crippen molar-refractivity contribution in [1.29, 1.82) is 0 Å². The van der Waals surface area contributed by atoms with E-state index in [2.05, 4.69) is 5.32 Å². The lowest BCUT2D eigenvalue weighted by Gasteiger charge is -2.21. The van der Waals surface area contributed by atoms with Crippen molar-refractivity contribution in [1.82, 2.24) is 5.32 Å². The smallest absolute Gasteiger partial charge is 0.313 e. The summed E-state index contributed by atoms with van der Waals surface area (Å²) in [4.78, 5) is 0. The lowest BCUT2D eigenvalue weighted by molar-refractivity contribution is -0.138. The molecule has 2 rings (SSSR count). The van der Waals surface area contributed by atoms with Crippen LogP contribution in [0.3, 0.4) is 0 Å². The first-order valence-electron chi connectivity index (χ1n) is 6.37. The van der Waals surface area contributed by atoms with Crippen molar-refractivity contribution in [3.63, 3.8) is 0 Å². The van der Waals surface area contributed by atoms with Gasteiger partial charge in [-0.2, -0.15) is 24.5 Å². The molecule has 2 aromatic rings. The van der Waals surface area contributed by atoms with E-state index in [4.69, 9.17) is 0 Å². The van der Waals surface area contributed by atoms with E-state index in [0.717, 1.165) is 12.5 Å². The summed E-state index contributed by atoms with van der Waals surface area (Å²) in [5, 5.41) is 7.01. The Morgan fingerprint density at radius 2 is 1.95 bits per heavy atom. The first-order valence-corrected chi connectivity index (χ1v) is 7.31. The Hall–Kier alpha value is -1.33. The molecule has 108 valence electrons. The lowest BCUT2D eigenvalue weighted by atomic mass is 9.95. The summed E-state index contributed by atoms with van der Waals surface area (Å²) in [6.45, 7) is 0. The summed E-state index contributed by atoms with van der Waals surface area (Å²) in [6.07, 6.45) is -2.91. The van der Waals surface area contributed by atoms with Gasteiger partial charge in [-0.05, 0) is 53.9 Å². The van der Waals surface area contributed by atoms with Crippen LogP contribution in [0, 0.1) is 0 Å². The second-order valence-electron chi connectivity index (χ2n) is 4.60. The summed E-state index contributed by atoms with van der Waals surface area (Å²) in [5.41, 5.74) is 0.933. The molecular weight excluding hydrogens is 283 g/mol. The van der Waals surface area contributed by atoms with Gasteiger partial charge in [0.2, 0.25) is 0 Å². The van der Waals surface area contributed by atoms with Crippen molar-refractivity contribution in [2.24, 2.45) is 0 Å². The molecule has 0 amide bonds. The highest BCUT2D eigenvalue weighted by Crippen LogP contribution is 2.35. The average Bonchev–Trinajstić information content (AvgIpc) is 2.92. The molecule has 0 aliphatic rings. The number of halogens is 3. The van der Waals surface area contributed by atoms with Gasteiger partial charge in [0.1, 0.15) is 0 Å². The van der Waals surface area contributed by atoms with Crippen molar-refractivity contribution in [3.8, 4) is 0 Å². The predicted molar refractivity (Wildman–Crippen MR) is 75.9 cm³/mol. The van der Waals surface area contributed by atoms with E-state index in [1.165, 1.54) is 11.6 Å². The number of thiophene rings is 1. The van der Waals surface area contributed by atoms with E-state index in [9.17, 15) is 13.2 Å². The van der Waals surface area contributed by atoms with Crippen molar-refractivity contribution in [2.75, 3.05) is 7.05 Å². The van der Waals surface area contributed by atoms with E-state index >= 15 is 0 Å². The van der Waals surface area contributed by atoms with Crippen molar-refractivity contribution in [2.45, 2.75) is 25.1 Å². The molecule has 0 saturated carbocycles. The molecule has 20 heavy (non-hydrogen) atoms. The highest BCUT2D eigenvalue weighted by Gasteiger charge is 2.34. The van der Waals surface area contributed by atoms with Crippen LogP contribution in [0.1, 0.15) is 29.2 Å². The van der Waals surface area contributed by atoms with E-state index in [1.807, 2.05) is 16.8 Å². The number of nitrogens with one attached hydrogen (secondary N) is 1. The maximum atomic E-state index is 13.0. The zero-order valence-electron chi connectivity index (χ0n) is 11.1. The quantitative estimate of drug-likeness (QED) is 0.846. The number of rotatable bonds is 5. The SMILES string of the molecule is CNC(CCc1ccsc1)c1ccccc1C(F)(F)F. The Balaban J connectivity index is 2.19. The van der Waals surface area contributed by atoms with Gasteiger partial charge in [0.15, 0.2) is 0 Å². The maximum absolute atomic E-state index is 13.0. The topological polar surface area (TPSA) is 12.0 Å². The summed E-state index contributed by atoms with van der Waals surface area (Å²) < 4.78 is 39.1. The van der Waals surface area contributed by atoms with Gasteiger partial charge in [-0.15, -0.1) is 0 Å². The van der Waals surface area contributed by atoms with Crippen LogP contribution in [0.2, 0.25) is 0 Å². The van der Waals surface area contributed by atoms with Crippen LogP contribution < -0.4 is 5.32 Å². The molecule has 1 aromatic heterocycles. The van der Waals surface area contributed by atoms with Crippen molar-refractivity contribution in [3.05, 3.63) is 57.8 Å². The van der Waals surface area contributed by atoms with Gasteiger partial charge in [-0.3, -0.25) is 0 Å². The summed E-state index contributed by atoms with van der Waals surface area (Å²) in [6, 6.07) is 7.49. The summed E-state index contributed by atoms with van der Waals surface area (Å²) >= 11 is 1.60. The lowest BCUT2D eigenvalue weighted by Crippen LogP contribution is -2.21. The van der Waals surface area contributed by atoms with Gasteiger partial charge >= 0.3 is 6.18 Å². The molecule has 0 fully saturated rings. The monoisotopic (exact) mass is 299 g/mol. The van der Waals surface area contributed by atoms with Crippen LogP contribution in [0.25, 0.3) is 0 Å². The average molecular weight is 299 g/mol. The molecule has 1 heterocycles. The van der Waals surface area contributed by atoms with E-state index in [-0.39, 0.29) is 6.04 Å². The van der Waals surface area contributed by atoms with E-state index < -0.39 is 11.7 Å². The molecule has 1 aromatic carbocycles. The largest absolute Gasteiger partial charge is 0.416 e. The fourth-order valence-corrected chi connectivity index (χ4v) is 2.96.